The molecule has 0 aliphatic rings. The van der Waals surface area contributed by atoms with Crippen LogP contribution in [-0.4, -0.2) is 18.2 Å². The number of anilines is 1. The van der Waals surface area contributed by atoms with Crippen molar-refractivity contribution < 1.29 is 12.8 Å². The lowest BCUT2D eigenvalue weighted by Gasteiger charge is -2.09. The fraction of sp³-hybridized carbons (Fsp3) is 0.182. The molecule has 0 saturated heterocycles. The molecule has 0 amide bonds. The summed E-state index contributed by atoms with van der Waals surface area (Å²) in [5, 5.41) is 3.90. The van der Waals surface area contributed by atoms with Gasteiger partial charge in [-0.3, -0.25) is 9.40 Å². The average molecular weight is 430 g/mol. The topological polar surface area (TPSA) is 64.0 Å². The third kappa shape index (κ3) is 2.91. The molecule has 0 aliphatic carbocycles. The summed E-state index contributed by atoms with van der Waals surface area (Å²) in [5.41, 5.74) is 0.112. The van der Waals surface area contributed by atoms with Crippen molar-refractivity contribution in [1.29, 1.82) is 0 Å². The summed E-state index contributed by atoms with van der Waals surface area (Å²) in [4.78, 5) is -0.153. The second kappa shape index (κ2) is 5.49. The summed E-state index contributed by atoms with van der Waals surface area (Å²) in [6, 6.07) is 4.18. The molecule has 5 nitrogen and oxygen atoms in total. The van der Waals surface area contributed by atoms with E-state index in [0.29, 0.717) is 3.57 Å². The van der Waals surface area contributed by atoms with Gasteiger partial charge in [-0.2, -0.15) is 5.10 Å². The average Bonchev–Trinajstić information content (AvgIpc) is 2.57. The van der Waals surface area contributed by atoms with E-state index in [9.17, 15) is 12.8 Å². The van der Waals surface area contributed by atoms with Crippen molar-refractivity contribution in [3.05, 3.63) is 38.4 Å². The minimum atomic E-state index is -4.00. The highest BCUT2D eigenvalue weighted by atomic mass is 127. The first-order chi connectivity index (χ1) is 9.22. The fourth-order valence-corrected chi connectivity index (χ4v) is 3.96. The first-order valence-corrected chi connectivity index (χ1v) is 8.33. The maximum Gasteiger partial charge on any atom is 0.266 e. The molecule has 0 atom stereocenters. The highest BCUT2D eigenvalue weighted by Crippen LogP contribution is 2.27. The molecular formula is C11H10ClFIN3O2S. The van der Waals surface area contributed by atoms with E-state index in [4.69, 9.17) is 11.6 Å². The number of aryl methyl sites for hydroxylation is 2. The van der Waals surface area contributed by atoms with Crippen LogP contribution in [0, 0.1) is 16.3 Å². The number of benzene rings is 1. The van der Waals surface area contributed by atoms with Crippen molar-refractivity contribution >= 4 is 49.9 Å². The van der Waals surface area contributed by atoms with E-state index in [1.165, 1.54) is 30.8 Å². The Bertz CT molecular complexity index is 776. The molecule has 0 radical (unpaired) electrons. The Hall–Kier alpha value is -0.870. The molecule has 0 spiro atoms. The van der Waals surface area contributed by atoms with Gasteiger partial charge in [0.15, 0.2) is 0 Å². The van der Waals surface area contributed by atoms with Crippen LogP contribution in [0.15, 0.2) is 23.1 Å². The number of nitrogens with zero attached hydrogens (tertiary/aromatic N) is 2. The first-order valence-electron chi connectivity index (χ1n) is 5.39. The van der Waals surface area contributed by atoms with Gasteiger partial charge in [-0.25, -0.2) is 12.8 Å². The summed E-state index contributed by atoms with van der Waals surface area (Å²) >= 11 is 7.85. The number of aromatic nitrogens is 2. The third-order valence-electron chi connectivity index (χ3n) is 2.54. The van der Waals surface area contributed by atoms with Crippen LogP contribution in [0.1, 0.15) is 5.69 Å². The lowest BCUT2D eigenvalue weighted by atomic mass is 10.3. The quantitative estimate of drug-likeness (QED) is 0.763. The van der Waals surface area contributed by atoms with Crippen LogP contribution >= 0.6 is 34.2 Å². The van der Waals surface area contributed by atoms with Crippen LogP contribution in [0.5, 0.6) is 0 Å². The molecule has 0 fully saturated rings. The number of hydrogen-bond acceptors (Lipinski definition) is 3. The predicted octanol–water partition coefficient (Wildman–Crippen LogP) is 2.93. The van der Waals surface area contributed by atoms with Crippen molar-refractivity contribution in [3.8, 4) is 0 Å². The lowest BCUT2D eigenvalue weighted by molar-refractivity contribution is 0.598. The second-order valence-corrected chi connectivity index (χ2v) is 7.28. The Morgan fingerprint density at radius 1 is 1.45 bits per heavy atom. The van der Waals surface area contributed by atoms with Crippen molar-refractivity contribution in [2.24, 2.45) is 7.05 Å². The molecule has 1 N–H and O–H groups in total. The van der Waals surface area contributed by atoms with Crippen molar-refractivity contribution in [2.45, 2.75) is 11.8 Å². The Kier molecular flexibility index (Phi) is 4.26. The van der Waals surface area contributed by atoms with E-state index in [2.05, 4.69) is 9.82 Å². The lowest BCUT2D eigenvalue weighted by Crippen LogP contribution is -2.15. The highest BCUT2D eigenvalue weighted by Gasteiger charge is 2.26. The van der Waals surface area contributed by atoms with Crippen molar-refractivity contribution in [2.75, 3.05) is 4.72 Å². The minimum Gasteiger partial charge on any atom is -0.276 e. The number of sulfonamides is 1. The van der Waals surface area contributed by atoms with Gasteiger partial charge < -0.3 is 0 Å². The van der Waals surface area contributed by atoms with Gasteiger partial charge in [-0.1, -0.05) is 11.6 Å². The van der Waals surface area contributed by atoms with Crippen molar-refractivity contribution in [3.63, 3.8) is 0 Å². The second-order valence-electron chi connectivity index (χ2n) is 4.06. The Morgan fingerprint density at radius 2 is 2.10 bits per heavy atom. The molecule has 9 heteroatoms. The summed E-state index contributed by atoms with van der Waals surface area (Å²) in [7, 11) is -2.47. The van der Waals surface area contributed by atoms with Crippen LogP contribution in [0.2, 0.25) is 5.15 Å². The maximum atomic E-state index is 13.7. The van der Waals surface area contributed by atoms with E-state index in [1.54, 1.807) is 6.07 Å². The molecule has 0 aliphatic heterocycles. The van der Waals surface area contributed by atoms with Gasteiger partial charge in [0.1, 0.15) is 15.9 Å². The van der Waals surface area contributed by atoms with Crippen LogP contribution in [0.25, 0.3) is 0 Å². The Morgan fingerprint density at radius 3 is 2.60 bits per heavy atom. The normalized spacial score (nSPS) is 11.7. The Labute approximate surface area is 134 Å². The van der Waals surface area contributed by atoms with Crippen LogP contribution in [0.3, 0.4) is 0 Å². The number of nitrogens with one attached hydrogen (secondary N) is 1. The molecule has 2 rings (SSSR count). The summed E-state index contributed by atoms with van der Waals surface area (Å²) in [5.74, 6) is -0.654. The highest BCUT2D eigenvalue weighted by molar-refractivity contribution is 14.1. The fourth-order valence-electron chi connectivity index (χ4n) is 1.68. The SMILES string of the molecule is Cc1nn(C)c(Cl)c1S(=O)(=O)Nc1ccc(I)cc1F. The number of hydrogen-bond donors (Lipinski definition) is 1. The molecule has 1 aromatic carbocycles. The van der Waals surface area contributed by atoms with Gasteiger partial charge in [-0.05, 0) is 47.7 Å². The van der Waals surface area contributed by atoms with Crippen LogP contribution in [-0.2, 0) is 17.1 Å². The number of halogens is 3. The molecule has 108 valence electrons. The Balaban J connectivity index is 2.46. The molecule has 0 bridgehead atoms. The van der Waals surface area contributed by atoms with E-state index >= 15 is 0 Å². The third-order valence-corrected chi connectivity index (χ3v) is 5.28. The zero-order valence-electron chi connectivity index (χ0n) is 10.5. The smallest absolute Gasteiger partial charge is 0.266 e. The molecule has 1 aromatic heterocycles. The molecule has 2 aromatic rings. The van der Waals surface area contributed by atoms with Gasteiger partial charge in [0.05, 0.1) is 11.4 Å². The molecule has 0 saturated carbocycles. The van der Waals surface area contributed by atoms with Gasteiger partial charge in [-0.15, -0.1) is 0 Å². The summed E-state index contributed by atoms with van der Waals surface area (Å²) < 4.78 is 42.4. The first kappa shape index (κ1) is 15.5. The predicted molar refractivity (Wildman–Crippen MR) is 82.9 cm³/mol. The summed E-state index contributed by atoms with van der Waals surface area (Å²) in [6.07, 6.45) is 0. The summed E-state index contributed by atoms with van der Waals surface area (Å²) in [6.45, 7) is 1.52. The van der Waals surface area contributed by atoms with Gasteiger partial charge in [0, 0.05) is 10.6 Å². The number of rotatable bonds is 3. The van der Waals surface area contributed by atoms with Gasteiger partial charge in [0.2, 0.25) is 0 Å². The van der Waals surface area contributed by atoms with E-state index in [1.807, 2.05) is 22.6 Å². The maximum absolute atomic E-state index is 13.7. The minimum absolute atomic E-state index is 0.0269. The molecular weight excluding hydrogens is 420 g/mol. The van der Waals surface area contributed by atoms with Gasteiger partial charge >= 0.3 is 0 Å². The molecule has 20 heavy (non-hydrogen) atoms. The van der Waals surface area contributed by atoms with Crippen LogP contribution < -0.4 is 4.72 Å². The molecule has 0 unspecified atom stereocenters. The zero-order chi connectivity index (χ0) is 15.1. The standard InChI is InChI=1S/C11H10ClFIN3O2S/c1-6-10(11(12)17(2)15-6)20(18,19)16-9-4-3-7(14)5-8(9)13/h3-5,16H,1-2H3. The molecule has 1 heterocycles. The van der Waals surface area contributed by atoms with E-state index in [-0.39, 0.29) is 21.4 Å². The van der Waals surface area contributed by atoms with E-state index < -0.39 is 15.8 Å². The monoisotopic (exact) mass is 429 g/mol. The van der Waals surface area contributed by atoms with Crippen molar-refractivity contribution in [1.82, 2.24) is 9.78 Å². The van der Waals surface area contributed by atoms with E-state index in [0.717, 1.165) is 0 Å². The van der Waals surface area contributed by atoms with Crippen LogP contribution in [0.4, 0.5) is 10.1 Å². The largest absolute Gasteiger partial charge is 0.276 e. The van der Waals surface area contributed by atoms with Gasteiger partial charge in [0.25, 0.3) is 10.0 Å². The zero-order valence-corrected chi connectivity index (χ0v) is 14.2.